The van der Waals surface area contributed by atoms with E-state index in [1.165, 1.54) is 40.8 Å². The fraction of sp³-hybridized carbons (Fsp3) is 0.375. The molecule has 2 heterocycles. The maximum atomic E-state index is 6.25. The summed E-state index contributed by atoms with van der Waals surface area (Å²) < 4.78 is 2.37. The van der Waals surface area contributed by atoms with Gasteiger partial charge in [0.25, 0.3) is 0 Å². The quantitative estimate of drug-likeness (QED) is 0.402. The molecule has 4 N–H and O–H groups in total. The van der Waals surface area contributed by atoms with E-state index in [9.17, 15) is 0 Å². The smallest absolute Gasteiger partial charge is 0.127 e. The Bertz CT molecular complexity index is 982. The van der Waals surface area contributed by atoms with Crippen LogP contribution in [-0.2, 0) is 6.42 Å². The zero-order valence-electron chi connectivity index (χ0n) is 17.1. The summed E-state index contributed by atoms with van der Waals surface area (Å²) in [6, 6.07) is 17.4. The molecule has 4 rings (SSSR count). The number of hydrogen-bond acceptors (Lipinski definition) is 5. The van der Waals surface area contributed by atoms with Gasteiger partial charge in [-0.25, -0.2) is 9.29 Å². The molecule has 0 spiro atoms. The molecule has 2 aromatic carbocycles. The minimum atomic E-state index is 0.648. The van der Waals surface area contributed by atoms with Gasteiger partial charge in [0.1, 0.15) is 5.82 Å². The van der Waals surface area contributed by atoms with E-state index in [2.05, 4.69) is 59.8 Å². The van der Waals surface area contributed by atoms with Crippen molar-refractivity contribution in [2.75, 3.05) is 25.4 Å². The van der Waals surface area contributed by atoms with Crippen molar-refractivity contribution in [2.45, 2.75) is 37.5 Å². The van der Waals surface area contributed by atoms with Crippen LogP contribution in [0.15, 0.2) is 53.4 Å². The Morgan fingerprint density at radius 3 is 2.69 bits per heavy atom. The number of rotatable bonds is 8. The van der Waals surface area contributed by atoms with Crippen molar-refractivity contribution >= 4 is 28.7 Å². The van der Waals surface area contributed by atoms with Crippen LogP contribution in [0.5, 0.6) is 0 Å². The highest BCUT2D eigenvalue weighted by molar-refractivity contribution is 7.97. The SMILES string of the molecule is CCCCCc1cc2ccc(-c3cccc(SN4CC(CN)C4)c3)cc2nc1N. The van der Waals surface area contributed by atoms with Gasteiger partial charge in [0.15, 0.2) is 0 Å². The van der Waals surface area contributed by atoms with Crippen molar-refractivity contribution in [3.05, 3.63) is 54.1 Å². The Morgan fingerprint density at radius 1 is 1.07 bits per heavy atom. The highest BCUT2D eigenvalue weighted by Gasteiger charge is 2.26. The lowest BCUT2D eigenvalue weighted by Gasteiger charge is -2.37. The van der Waals surface area contributed by atoms with E-state index < -0.39 is 0 Å². The molecular formula is C24H30N4S. The molecule has 1 saturated heterocycles. The number of unbranched alkanes of at least 4 members (excludes halogenated alkanes) is 2. The zero-order chi connectivity index (χ0) is 20.2. The van der Waals surface area contributed by atoms with Crippen molar-refractivity contribution in [3.63, 3.8) is 0 Å². The van der Waals surface area contributed by atoms with Crippen molar-refractivity contribution in [2.24, 2.45) is 11.7 Å². The van der Waals surface area contributed by atoms with Gasteiger partial charge in [0, 0.05) is 23.4 Å². The van der Waals surface area contributed by atoms with E-state index in [0.717, 1.165) is 37.0 Å². The largest absolute Gasteiger partial charge is 0.383 e. The molecule has 1 fully saturated rings. The van der Waals surface area contributed by atoms with Crippen molar-refractivity contribution in [1.29, 1.82) is 0 Å². The third-order valence-electron chi connectivity index (χ3n) is 5.64. The van der Waals surface area contributed by atoms with Crippen LogP contribution < -0.4 is 11.5 Å². The Morgan fingerprint density at radius 2 is 1.90 bits per heavy atom. The number of nitrogens with two attached hydrogens (primary N) is 2. The van der Waals surface area contributed by atoms with Gasteiger partial charge in [0.2, 0.25) is 0 Å². The molecule has 0 unspecified atom stereocenters. The summed E-state index contributed by atoms with van der Waals surface area (Å²) in [4.78, 5) is 5.96. The Labute approximate surface area is 177 Å². The van der Waals surface area contributed by atoms with Crippen LogP contribution in [-0.4, -0.2) is 28.9 Å². The van der Waals surface area contributed by atoms with Crippen LogP contribution in [0.4, 0.5) is 5.82 Å². The first kappa shape index (κ1) is 20.2. The molecule has 0 radical (unpaired) electrons. The predicted molar refractivity (Wildman–Crippen MR) is 125 cm³/mol. The Hall–Kier alpha value is -2.08. The van der Waals surface area contributed by atoms with Gasteiger partial charge in [0.05, 0.1) is 5.52 Å². The molecule has 152 valence electrons. The number of fused-ring (bicyclic) bond motifs is 1. The summed E-state index contributed by atoms with van der Waals surface area (Å²) in [5.74, 6) is 1.32. The molecule has 0 amide bonds. The van der Waals surface area contributed by atoms with Crippen LogP contribution in [0.1, 0.15) is 31.7 Å². The number of nitrogens with zero attached hydrogens (tertiary/aromatic N) is 2. The number of pyridine rings is 1. The van der Waals surface area contributed by atoms with Crippen LogP contribution in [0.25, 0.3) is 22.0 Å². The van der Waals surface area contributed by atoms with Crippen molar-refractivity contribution in [3.8, 4) is 11.1 Å². The standard InChI is InChI=1S/C24H30N4S/c1-2-3-4-6-21-11-20-10-9-19(13-23(20)27-24(21)26)18-7-5-8-22(12-18)29-28-15-17(14-25)16-28/h5,7-13,17H,2-4,6,14-16,25H2,1H3,(H2,26,27). The molecule has 0 saturated carbocycles. The lowest BCUT2D eigenvalue weighted by atomic mass is 10.0. The third kappa shape index (κ3) is 4.74. The van der Waals surface area contributed by atoms with E-state index in [4.69, 9.17) is 16.5 Å². The van der Waals surface area contributed by atoms with Crippen molar-refractivity contribution < 1.29 is 0 Å². The summed E-state index contributed by atoms with van der Waals surface area (Å²) in [5, 5.41) is 1.16. The van der Waals surface area contributed by atoms with Crippen LogP contribution in [0.3, 0.4) is 0 Å². The lowest BCUT2D eigenvalue weighted by Crippen LogP contribution is -2.45. The second kappa shape index (κ2) is 9.16. The number of benzene rings is 2. The van der Waals surface area contributed by atoms with Gasteiger partial charge >= 0.3 is 0 Å². The Kier molecular flexibility index (Phi) is 6.38. The minimum Gasteiger partial charge on any atom is -0.383 e. The molecule has 0 bridgehead atoms. The molecule has 1 aliphatic heterocycles. The van der Waals surface area contributed by atoms with E-state index in [-0.39, 0.29) is 0 Å². The summed E-state index contributed by atoms with van der Waals surface area (Å²) >= 11 is 1.82. The molecule has 3 aromatic rings. The molecule has 0 aliphatic carbocycles. The van der Waals surface area contributed by atoms with Gasteiger partial charge in [-0.1, -0.05) is 44.0 Å². The maximum absolute atomic E-state index is 6.25. The van der Waals surface area contributed by atoms with Crippen molar-refractivity contribution in [1.82, 2.24) is 9.29 Å². The molecule has 29 heavy (non-hydrogen) atoms. The fourth-order valence-electron chi connectivity index (χ4n) is 3.80. The second-order valence-electron chi connectivity index (χ2n) is 7.97. The molecule has 1 aliphatic rings. The lowest BCUT2D eigenvalue weighted by molar-refractivity contribution is 0.227. The summed E-state index contributed by atoms with van der Waals surface area (Å²) in [6.45, 7) is 5.15. The molecule has 5 heteroatoms. The average Bonchev–Trinajstić information content (AvgIpc) is 2.70. The first-order chi connectivity index (χ1) is 14.2. The number of aryl methyl sites for hydroxylation is 1. The fourth-order valence-corrected chi connectivity index (χ4v) is 4.99. The molecule has 1 aromatic heterocycles. The molecule has 4 nitrogen and oxygen atoms in total. The summed E-state index contributed by atoms with van der Waals surface area (Å²) in [6.07, 6.45) is 4.62. The maximum Gasteiger partial charge on any atom is 0.127 e. The molecular weight excluding hydrogens is 376 g/mol. The van der Waals surface area contributed by atoms with Gasteiger partial charge in [-0.3, -0.25) is 0 Å². The van der Waals surface area contributed by atoms with Crippen LogP contribution in [0, 0.1) is 5.92 Å². The minimum absolute atomic E-state index is 0.648. The highest BCUT2D eigenvalue weighted by atomic mass is 32.2. The number of nitrogen functional groups attached to an aromatic ring is 1. The topological polar surface area (TPSA) is 68.2 Å². The van der Waals surface area contributed by atoms with Gasteiger partial charge < -0.3 is 11.5 Å². The highest BCUT2D eigenvalue weighted by Crippen LogP contribution is 2.33. The first-order valence-corrected chi connectivity index (χ1v) is 11.4. The van der Waals surface area contributed by atoms with E-state index >= 15 is 0 Å². The van der Waals surface area contributed by atoms with Gasteiger partial charge in [-0.05, 0) is 78.2 Å². The summed E-state index contributed by atoms with van der Waals surface area (Å²) in [7, 11) is 0. The first-order valence-electron chi connectivity index (χ1n) is 10.6. The monoisotopic (exact) mass is 406 g/mol. The number of hydrogen-bond donors (Lipinski definition) is 2. The van der Waals surface area contributed by atoms with Gasteiger partial charge in [-0.15, -0.1) is 0 Å². The van der Waals surface area contributed by atoms with Crippen LogP contribution >= 0.6 is 11.9 Å². The average molecular weight is 407 g/mol. The van der Waals surface area contributed by atoms with Crippen LogP contribution in [0.2, 0.25) is 0 Å². The van der Waals surface area contributed by atoms with E-state index in [1.54, 1.807) is 0 Å². The number of anilines is 1. The van der Waals surface area contributed by atoms with E-state index in [1.807, 2.05) is 11.9 Å². The normalized spacial score (nSPS) is 15.0. The third-order valence-corrected chi connectivity index (χ3v) is 6.66. The van der Waals surface area contributed by atoms with E-state index in [0.29, 0.717) is 11.7 Å². The summed E-state index contributed by atoms with van der Waals surface area (Å²) in [5.41, 5.74) is 16.5. The zero-order valence-corrected chi connectivity index (χ0v) is 17.9. The molecule has 0 atom stereocenters. The van der Waals surface area contributed by atoms with Gasteiger partial charge in [-0.2, -0.15) is 0 Å². The predicted octanol–water partition coefficient (Wildman–Crippen LogP) is 5.11. The number of aromatic nitrogens is 1. The Balaban J connectivity index is 1.53. The second-order valence-corrected chi connectivity index (χ2v) is 9.14.